The minimum atomic E-state index is -0.384. The second-order valence-electron chi connectivity index (χ2n) is 8.27. The number of carbonyl (C=O) groups is 3. The number of amides is 3. The molecule has 2 heterocycles. The summed E-state index contributed by atoms with van der Waals surface area (Å²) >= 11 is 6.62. The van der Waals surface area contributed by atoms with Crippen molar-refractivity contribution in [1.29, 1.82) is 0 Å². The van der Waals surface area contributed by atoms with Crippen molar-refractivity contribution in [3.05, 3.63) is 100 Å². The van der Waals surface area contributed by atoms with Gasteiger partial charge in [0.15, 0.2) is 0 Å². The van der Waals surface area contributed by atoms with Crippen molar-refractivity contribution >= 4 is 63.0 Å². The normalized spacial score (nSPS) is 17.2. The molecule has 6 nitrogen and oxygen atoms in total. The maximum atomic E-state index is 13.6. The Kier molecular flexibility index (Phi) is 6.23. The molecule has 0 aromatic heterocycles. The number of para-hydroxylation sites is 1. The fourth-order valence-corrected chi connectivity index (χ4v) is 5.42. The summed E-state index contributed by atoms with van der Waals surface area (Å²) in [6, 6.07) is 24.2. The maximum Gasteiger partial charge on any atom is 0.267 e. The summed E-state index contributed by atoms with van der Waals surface area (Å²) in [4.78, 5) is 42.9. The Morgan fingerprint density at radius 3 is 2.31 bits per heavy atom. The Bertz CT molecular complexity index is 1380. The number of aryl methyl sites for hydroxylation is 1. The Hall–Kier alpha value is -3.75. The van der Waals surface area contributed by atoms with Crippen molar-refractivity contribution in [1.82, 2.24) is 4.90 Å². The van der Waals surface area contributed by atoms with Gasteiger partial charge < -0.3 is 5.32 Å². The lowest BCUT2D eigenvalue weighted by atomic mass is 10.1. The highest BCUT2D eigenvalue weighted by Gasteiger charge is 2.42. The highest BCUT2D eigenvalue weighted by atomic mass is 32.2. The number of nitrogens with zero attached hydrogens (tertiary/aromatic N) is 2. The van der Waals surface area contributed by atoms with Gasteiger partial charge in [0.2, 0.25) is 5.91 Å². The van der Waals surface area contributed by atoms with Gasteiger partial charge in [-0.25, -0.2) is 0 Å². The monoisotopic (exact) mass is 499 g/mol. The molecule has 3 aromatic rings. The van der Waals surface area contributed by atoms with Crippen molar-refractivity contribution in [2.45, 2.75) is 13.5 Å². The molecule has 0 spiro atoms. The van der Waals surface area contributed by atoms with Gasteiger partial charge >= 0.3 is 0 Å². The van der Waals surface area contributed by atoms with Crippen LogP contribution in [0.15, 0.2) is 83.8 Å². The van der Waals surface area contributed by atoms with E-state index >= 15 is 0 Å². The van der Waals surface area contributed by atoms with E-state index in [0.29, 0.717) is 32.7 Å². The van der Waals surface area contributed by atoms with E-state index < -0.39 is 0 Å². The molecular weight excluding hydrogens is 478 g/mol. The first-order valence-electron chi connectivity index (χ1n) is 11.0. The summed E-state index contributed by atoms with van der Waals surface area (Å²) in [5.74, 6) is -1.01. The van der Waals surface area contributed by atoms with Gasteiger partial charge in [0.25, 0.3) is 11.8 Å². The number of hydrogen-bond donors (Lipinski definition) is 1. The summed E-state index contributed by atoms with van der Waals surface area (Å²) < 4.78 is 0.405. The van der Waals surface area contributed by atoms with Crippen molar-refractivity contribution < 1.29 is 14.4 Å². The summed E-state index contributed by atoms with van der Waals surface area (Å²) in [5, 5.41) is 2.83. The highest BCUT2D eigenvalue weighted by Crippen LogP contribution is 2.44. The second kappa shape index (κ2) is 9.48. The topological polar surface area (TPSA) is 69.7 Å². The number of thiocarbonyl (C=S) groups is 1. The number of fused-ring (bicyclic) bond motifs is 1. The lowest BCUT2D eigenvalue weighted by Gasteiger charge is -2.17. The summed E-state index contributed by atoms with van der Waals surface area (Å²) in [7, 11) is 0. The summed E-state index contributed by atoms with van der Waals surface area (Å²) in [5.41, 5.74) is 4.20. The number of thioether (sulfide) groups is 1. The van der Waals surface area contributed by atoms with Crippen molar-refractivity contribution in [3.8, 4) is 0 Å². The van der Waals surface area contributed by atoms with Gasteiger partial charge in [-0.1, -0.05) is 90.2 Å². The van der Waals surface area contributed by atoms with Gasteiger partial charge in [-0.2, -0.15) is 0 Å². The van der Waals surface area contributed by atoms with Crippen LogP contribution >= 0.6 is 24.0 Å². The first-order valence-corrected chi connectivity index (χ1v) is 12.2. The molecule has 0 bridgehead atoms. The van der Waals surface area contributed by atoms with Crippen LogP contribution in [0.1, 0.15) is 16.7 Å². The fourth-order valence-electron chi connectivity index (χ4n) is 4.09. The van der Waals surface area contributed by atoms with E-state index in [0.717, 1.165) is 22.9 Å². The standard InChI is InChI=1S/C27H21N3O3S2/c1-17-11-13-19(14-12-17)28-22(31)16-29-21-10-6-5-9-20(21)23(25(29)32)24-26(33)30(27(34)35-24)15-18-7-3-2-4-8-18/h2-14H,15-16H2,1H3,(H,28,31). The molecule has 2 aliphatic heterocycles. The first kappa shape index (κ1) is 23.0. The smallest absolute Gasteiger partial charge is 0.267 e. The predicted molar refractivity (Wildman–Crippen MR) is 143 cm³/mol. The number of hydrogen-bond acceptors (Lipinski definition) is 5. The van der Waals surface area contributed by atoms with Gasteiger partial charge in [0, 0.05) is 11.3 Å². The lowest BCUT2D eigenvalue weighted by molar-refractivity contribution is -0.122. The predicted octanol–water partition coefficient (Wildman–Crippen LogP) is 4.75. The first-order chi connectivity index (χ1) is 16.9. The third kappa shape index (κ3) is 4.50. The van der Waals surface area contributed by atoms with Crippen LogP contribution in [-0.4, -0.2) is 33.5 Å². The van der Waals surface area contributed by atoms with Gasteiger partial charge in [-0.15, -0.1) is 0 Å². The van der Waals surface area contributed by atoms with E-state index in [4.69, 9.17) is 12.2 Å². The van der Waals surface area contributed by atoms with Crippen LogP contribution in [0.2, 0.25) is 0 Å². The number of benzene rings is 3. The van der Waals surface area contributed by atoms with Crippen molar-refractivity contribution in [2.75, 3.05) is 16.8 Å². The van der Waals surface area contributed by atoms with Crippen LogP contribution in [0.5, 0.6) is 0 Å². The fraction of sp³-hybridized carbons (Fsp3) is 0.111. The zero-order chi connectivity index (χ0) is 24.5. The number of anilines is 2. The average molecular weight is 500 g/mol. The molecule has 3 amide bonds. The van der Waals surface area contributed by atoms with E-state index in [9.17, 15) is 14.4 Å². The van der Waals surface area contributed by atoms with Crippen LogP contribution in [0.3, 0.4) is 0 Å². The molecule has 0 radical (unpaired) electrons. The van der Waals surface area contributed by atoms with Gasteiger partial charge in [-0.3, -0.25) is 24.2 Å². The van der Waals surface area contributed by atoms with Gasteiger partial charge in [-0.05, 0) is 30.7 Å². The maximum absolute atomic E-state index is 13.6. The molecule has 0 saturated carbocycles. The molecule has 1 fully saturated rings. The Labute approximate surface area is 212 Å². The van der Waals surface area contributed by atoms with Gasteiger partial charge in [0.1, 0.15) is 10.9 Å². The Morgan fingerprint density at radius 2 is 1.57 bits per heavy atom. The molecule has 0 aliphatic carbocycles. The largest absolute Gasteiger partial charge is 0.325 e. The van der Waals surface area contributed by atoms with E-state index in [1.54, 1.807) is 18.2 Å². The molecule has 1 saturated heterocycles. The summed E-state index contributed by atoms with van der Waals surface area (Å²) in [6.07, 6.45) is 0. The molecule has 1 N–H and O–H groups in total. The summed E-state index contributed by atoms with van der Waals surface area (Å²) in [6.45, 7) is 2.13. The van der Waals surface area contributed by atoms with E-state index in [2.05, 4.69) is 5.32 Å². The minimum Gasteiger partial charge on any atom is -0.325 e. The molecular formula is C27H21N3O3S2. The minimum absolute atomic E-state index is 0.169. The number of carbonyl (C=O) groups excluding carboxylic acids is 3. The zero-order valence-electron chi connectivity index (χ0n) is 18.9. The van der Waals surface area contributed by atoms with Crippen LogP contribution in [0.25, 0.3) is 5.57 Å². The molecule has 35 heavy (non-hydrogen) atoms. The van der Waals surface area contributed by atoms with Crippen LogP contribution in [0.4, 0.5) is 11.4 Å². The van der Waals surface area contributed by atoms with Crippen LogP contribution in [-0.2, 0) is 20.9 Å². The SMILES string of the molecule is Cc1ccc(NC(=O)CN2C(=O)C(=C3SC(=S)N(Cc4ccccc4)C3=O)c3ccccc32)cc1. The van der Waals surface area contributed by atoms with Crippen molar-refractivity contribution in [2.24, 2.45) is 0 Å². The molecule has 0 atom stereocenters. The molecule has 0 unspecified atom stereocenters. The third-order valence-electron chi connectivity index (χ3n) is 5.82. The average Bonchev–Trinajstić information content (AvgIpc) is 3.28. The van der Waals surface area contributed by atoms with Crippen LogP contribution < -0.4 is 10.2 Å². The number of nitrogens with one attached hydrogen (secondary N) is 1. The van der Waals surface area contributed by atoms with Crippen LogP contribution in [0, 0.1) is 6.92 Å². The molecule has 8 heteroatoms. The molecule has 5 rings (SSSR count). The van der Waals surface area contributed by atoms with Gasteiger partial charge in [0.05, 0.1) is 22.7 Å². The van der Waals surface area contributed by atoms with E-state index in [1.807, 2.05) is 67.6 Å². The molecule has 174 valence electrons. The van der Waals surface area contributed by atoms with Crippen molar-refractivity contribution in [3.63, 3.8) is 0 Å². The number of rotatable bonds is 5. The van der Waals surface area contributed by atoms with E-state index in [1.165, 1.54) is 9.80 Å². The Balaban J connectivity index is 1.43. The molecule has 3 aromatic carbocycles. The van der Waals surface area contributed by atoms with E-state index in [-0.39, 0.29) is 29.8 Å². The second-order valence-corrected chi connectivity index (χ2v) is 9.92. The quantitative estimate of drug-likeness (QED) is 0.405. The molecule has 2 aliphatic rings. The third-order valence-corrected chi connectivity index (χ3v) is 7.27. The zero-order valence-corrected chi connectivity index (χ0v) is 20.5. The highest BCUT2D eigenvalue weighted by molar-refractivity contribution is 8.26. The Morgan fingerprint density at radius 1 is 0.886 bits per heavy atom. The lowest BCUT2D eigenvalue weighted by Crippen LogP contribution is -2.35.